The second kappa shape index (κ2) is 6.92. The second-order valence-electron chi connectivity index (χ2n) is 6.43. The number of hydrogen-bond acceptors (Lipinski definition) is 5. The largest absolute Gasteiger partial charge is 0.278 e. The third-order valence-electron chi connectivity index (χ3n) is 4.49. The van der Waals surface area contributed by atoms with Crippen LogP contribution in [0.3, 0.4) is 0 Å². The third kappa shape index (κ3) is 3.21. The Hall–Kier alpha value is -3.06. The highest BCUT2D eigenvalue weighted by Gasteiger charge is 2.24. The zero-order valence-electron chi connectivity index (χ0n) is 15.4. The summed E-state index contributed by atoms with van der Waals surface area (Å²) in [6.07, 6.45) is 3.35. The summed E-state index contributed by atoms with van der Waals surface area (Å²) >= 11 is 1.53. The highest BCUT2D eigenvalue weighted by atomic mass is 32.1. The summed E-state index contributed by atoms with van der Waals surface area (Å²) in [7, 11) is 1.76. The molecule has 7 heteroatoms. The first-order chi connectivity index (χ1) is 13.0. The molecular formula is C20H19N5OS. The first kappa shape index (κ1) is 17.4. The minimum absolute atomic E-state index is 0.144. The lowest BCUT2D eigenvalue weighted by Crippen LogP contribution is -2.32. The van der Waals surface area contributed by atoms with Gasteiger partial charge in [-0.3, -0.25) is 19.4 Å². The molecule has 0 N–H and O–H groups in total. The molecule has 27 heavy (non-hydrogen) atoms. The number of carbonyl (C=O) groups excluding carboxylic acids is 1. The molecule has 0 bridgehead atoms. The first-order valence-corrected chi connectivity index (χ1v) is 9.43. The quantitative estimate of drug-likeness (QED) is 0.541. The number of hydrogen-bond donors (Lipinski definition) is 0. The van der Waals surface area contributed by atoms with Gasteiger partial charge in [0.05, 0.1) is 22.5 Å². The van der Waals surface area contributed by atoms with Crippen molar-refractivity contribution in [3.05, 3.63) is 71.3 Å². The average Bonchev–Trinajstić information content (AvgIpc) is 3.30. The van der Waals surface area contributed by atoms with Gasteiger partial charge >= 0.3 is 0 Å². The fourth-order valence-corrected chi connectivity index (χ4v) is 4.07. The van der Waals surface area contributed by atoms with Crippen LogP contribution in [0.1, 0.15) is 27.3 Å². The molecule has 0 spiro atoms. The van der Waals surface area contributed by atoms with Gasteiger partial charge in [-0.1, -0.05) is 29.5 Å². The molecule has 1 amide bonds. The summed E-state index contributed by atoms with van der Waals surface area (Å²) in [5.74, 6) is -0.144. The van der Waals surface area contributed by atoms with Crippen LogP contribution in [0.2, 0.25) is 0 Å². The molecule has 0 saturated heterocycles. The van der Waals surface area contributed by atoms with Gasteiger partial charge in [0.15, 0.2) is 5.13 Å². The van der Waals surface area contributed by atoms with Gasteiger partial charge in [0.1, 0.15) is 5.69 Å². The summed E-state index contributed by atoms with van der Waals surface area (Å²) in [5.41, 5.74) is 4.52. The van der Waals surface area contributed by atoms with E-state index in [0.29, 0.717) is 17.4 Å². The number of aromatic nitrogens is 4. The minimum atomic E-state index is -0.144. The van der Waals surface area contributed by atoms with Gasteiger partial charge in [0.25, 0.3) is 5.91 Å². The molecule has 0 aliphatic heterocycles. The average molecular weight is 377 g/mol. The lowest BCUT2D eigenvalue weighted by Gasteiger charge is -2.19. The fourth-order valence-electron chi connectivity index (χ4n) is 2.97. The van der Waals surface area contributed by atoms with E-state index in [1.54, 1.807) is 35.1 Å². The van der Waals surface area contributed by atoms with Crippen LogP contribution in [0, 0.1) is 13.8 Å². The van der Waals surface area contributed by atoms with Gasteiger partial charge in [-0.2, -0.15) is 5.10 Å². The summed E-state index contributed by atoms with van der Waals surface area (Å²) in [6.45, 7) is 4.45. The maximum atomic E-state index is 13.3. The number of thiazole rings is 1. The van der Waals surface area contributed by atoms with Gasteiger partial charge in [0, 0.05) is 19.4 Å². The number of amides is 1. The fraction of sp³-hybridized carbons (Fsp3) is 0.200. The van der Waals surface area contributed by atoms with Crippen molar-refractivity contribution in [3.63, 3.8) is 0 Å². The second-order valence-corrected chi connectivity index (χ2v) is 7.40. The van der Waals surface area contributed by atoms with E-state index in [2.05, 4.69) is 29.1 Å². The minimum Gasteiger partial charge on any atom is -0.277 e. The van der Waals surface area contributed by atoms with Crippen molar-refractivity contribution < 1.29 is 4.79 Å². The summed E-state index contributed by atoms with van der Waals surface area (Å²) in [4.78, 5) is 24.1. The van der Waals surface area contributed by atoms with Crippen LogP contribution in [0.25, 0.3) is 10.2 Å². The molecule has 1 aromatic carbocycles. The van der Waals surface area contributed by atoms with Crippen molar-refractivity contribution in [2.45, 2.75) is 20.4 Å². The van der Waals surface area contributed by atoms with E-state index in [-0.39, 0.29) is 5.91 Å². The highest BCUT2D eigenvalue weighted by molar-refractivity contribution is 7.22. The standard InChI is InChI=1S/C20H19N5OS/c1-13-7-8-14(2)18-17(13)23-20(27-18)25(12-15-6-4-5-10-21-15)19(26)16-9-11-22-24(16)3/h4-11H,12H2,1-3H3. The number of nitrogens with zero attached hydrogens (tertiary/aromatic N) is 5. The molecule has 4 rings (SSSR count). The monoisotopic (exact) mass is 377 g/mol. The molecular weight excluding hydrogens is 358 g/mol. The smallest absolute Gasteiger partial charge is 0.277 e. The first-order valence-electron chi connectivity index (χ1n) is 8.61. The molecule has 3 aromatic heterocycles. The number of rotatable bonds is 4. The van der Waals surface area contributed by atoms with Crippen molar-refractivity contribution in [3.8, 4) is 0 Å². The van der Waals surface area contributed by atoms with E-state index in [1.807, 2.05) is 25.1 Å². The molecule has 0 fully saturated rings. The number of carbonyl (C=O) groups is 1. The van der Waals surface area contributed by atoms with Crippen LogP contribution in [0.5, 0.6) is 0 Å². The van der Waals surface area contributed by atoms with Crippen LogP contribution in [-0.4, -0.2) is 25.7 Å². The Balaban J connectivity index is 1.82. The number of fused-ring (bicyclic) bond motifs is 1. The predicted molar refractivity (Wildman–Crippen MR) is 107 cm³/mol. The molecule has 0 atom stereocenters. The van der Waals surface area contributed by atoms with Crippen molar-refractivity contribution in [1.29, 1.82) is 0 Å². The lowest BCUT2D eigenvalue weighted by atomic mass is 10.1. The maximum Gasteiger partial charge on any atom is 0.278 e. The van der Waals surface area contributed by atoms with E-state index < -0.39 is 0 Å². The SMILES string of the molecule is Cc1ccc(C)c2sc(N(Cc3ccccn3)C(=O)c3ccnn3C)nc12. The zero-order valence-corrected chi connectivity index (χ0v) is 16.2. The molecule has 0 saturated carbocycles. The Morgan fingerprint density at radius 1 is 1.11 bits per heavy atom. The summed E-state index contributed by atoms with van der Waals surface area (Å²) in [6, 6.07) is 11.6. The number of benzene rings is 1. The normalized spacial score (nSPS) is 11.1. The predicted octanol–water partition coefficient (Wildman–Crippen LogP) is 3.89. The maximum absolute atomic E-state index is 13.3. The van der Waals surface area contributed by atoms with E-state index in [4.69, 9.17) is 4.98 Å². The van der Waals surface area contributed by atoms with Crippen LogP contribution in [0.15, 0.2) is 48.8 Å². The van der Waals surface area contributed by atoms with Crippen LogP contribution >= 0.6 is 11.3 Å². The van der Waals surface area contributed by atoms with Gasteiger partial charge < -0.3 is 0 Å². The molecule has 3 heterocycles. The van der Waals surface area contributed by atoms with E-state index in [1.165, 1.54) is 11.3 Å². The number of aryl methyl sites for hydroxylation is 3. The molecule has 4 aromatic rings. The summed E-state index contributed by atoms with van der Waals surface area (Å²) in [5, 5.41) is 4.79. The molecule has 0 aliphatic carbocycles. The van der Waals surface area contributed by atoms with Crippen molar-refractivity contribution in [2.75, 3.05) is 4.90 Å². The van der Waals surface area contributed by atoms with E-state index >= 15 is 0 Å². The van der Waals surface area contributed by atoms with Crippen LogP contribution in [0.4, 0.5) is 5.13 Å². The molecule has 6 nitrogen and oxygen atoms in total. The molecule has 0 aliphatic rings. The molecule has 136 valence electrons. The van der Waals surface area contributed by atoms with Crippen molar-refractivity contribution in [1.82, 2.24) is 19.7 Å². The Kier molecular flexibility index (Phi) is 4.45. The Morgan fingerprint density at radius 2 is 1.93 bits per heavy atom. The Morgan fingerprint density at radius 3 is 2.59 bits per heavy atom. The third-order valence-corrected chi connectivity index (χ3v) is 5.71. The number of pyridine rings is 1. The highest BCUT2D eigenvalue weighted by Crippen LogP contribution is 2.34. The lowest BCUT2D eigenvalue weighted by molar-refractivity contribution is 0.0975. The van der Waals surface area contributed by atoms with Crippen LogP contribution in [-0.2, 0) is 13.6 Å². The van der Waals surface area contributed by atoms with Crippen LogP contribution < -0.4 is 4.90 Å². The Labute approximate surface area is 161 Å². The van der Waals surface area contributed by atoms with Crippen molar-refractivity contribution >= 4 is 32.6 Å². The van der Waals surface area contributed by atoms with Gasteiger partial charge in [-0.25, -0.2) is 4.98 Å². The molecule has 0 unspecified atom stereocenters. The van der Waals surface area contributed by atoms with Gasteiger partial charge in [-0.05, 0) is 43.2 Å². The van der Waals surface area contributed by atoms with Crippen molar-refractivity contribution in [2.24, 2.45) is 7.05 Å². The Bertz CT molecular complexity index is 1080. The van der Waals surface area contributed by atoms with Gasteiger partial charge in [-0.15, -0.1) is 0 Å². The van der Waals surface area contributed by atoms with Gasteiger partial charge in [0.2, 0.25) is 0 Å². The van der Waals surface area contributed by atoms with E-state index in [9.17, 15) is 4.79 Å². The zero-order chi connectivity index (χ0) is 19.0. The number of anilines is 1. The van der Waals surface area contributed by atoms with E-state index in [0.717, 1.165) is 27.0 Å². The molecule has 0 radical (unpaired) electrons. The summed E-state index contributed by atoms with van der Waals surface area (Å²) < 4.78 is 2.69. The topological polar surface area (TPSA) is 63.9 Å².